The third-order valence-corrected chi connectivity index (χ3v) is 2.08. The zero-order chi connectivity index (χ0) is 10.3. The molecule has 96 valence electrons. The van der Waals surface area contributed by atoms with Crippen LogP contribution in [0.1, 0.15) is 27.3 Å². The molecule has 1 aromatic carbocycles. The molecular formula is C11H22O3PY2-. The van der Waals surface area contributed by atoms with Gasteiger partial charge in [0.15, 0.2) is 0 Å². The first kappa shape index (κ1) is 31.1. The molecule has 0 unspecified atom stereocenters. The van der Waals surface area contributed by atoms with E-state index in [2.05, 4.69) is 6.92 Å². The molecule has 0 aliphatic carbocycles. The Labute approximate surface area is 156 Å². The third-order valence-electron chi connectivity index (χ3n) is 1.25. The molecule has 0 fully saturated rings. The van der Waals surface area contributed by atoms with Crippen molar-refractivity contribution in [2.24, 2.45) is 0 Å². The van der Waals surface area contributed by atoms with Crippen LogP contribution in [0.3, 0.4) is 0 Å². The van der Waals surface area contributed by atoms with Crippen LogP contribution in [0.5, 0.6) is 0 Å². The summed E-state index contributed by atoms with van der Waals surface area (Å²) in [6, 6.07) is 9.87. The molecule has 2 radical (unpaired) electrons. The normalized spacial score (nSPS) is 7.71. The molecule has 0 heterocycles. The summed E-state index contributed by atoms with van der Waals surface area (Å²) in [6.07, 6.45) is -0.0625. The monoisotopic (exact) mass is 411 g/mol. The summed E-state index contributed by atoms with van der Waals surface area (Å²) < 4.78 is 9.69. The van der Waals surface area contributed by atoms with E-state index in [1.54, 1.807) is 0 Å². The van der Waals surface area contributed by atoms with Crippen molar-refractivity contribution in [1.82, 2.24) is 0 Å². The number of hydrogen-bond donors (Lipinski definition) is 2. The van der Waals surface area contributed by atoms with E-state index in [1.165, 1.54) is 6.92 Å². The molecule has 0 aliphatic heterocycles. The van der Waals surface area contributed by atoms with Crippen molar-refractivity contribution in [2.75, 3.05) is 6.16 Å². The van der Waals surface area contributed by atoms with Crippen molar-refractivity contribution >= 4 is 7.60 Å². The minimum Gasteiger partial charge on any atom is -0.324 e. The van der Waals surface area contributed by atoms with Gasteiger partial charge in [-0.15, -0.1) is 12.1 Å². The molecule has 1 rings (SSSR count). The van der Waals surface area contributed by atoms with Gasteiger partial charge in [0.2, 0.25) is 0 Å². The Balaban J connectivity index is -0.0000000462. The fourth-order valence-corrected chi connectivity index (χ4v) is 0.478. The van der Waals surface area contributed by atoms with Crippen molar-refractivity contribution in [2.45, 2.75) is 21.8 Å². The summed E-state index contributed by atoms with van der Waals surface area (Å²) in [5.74, 6) is 0. The minimum atomic E-state index is -3.65. The molecule has 1 aromatic rings. The van der Waals surface area contributed by atoms with E-state index >= 15 is 0 Å². The Morgan fingerprint density at radius 1 is 1.12 bits per heavy atom. The molecule has 17 heavy (non-hydrogen) atoms. The maximum atomic E-state index is 9.69. The molecule has 0 spiro atoms. The van der Waals surface area contributed by atoms with Gasteiger partial charge in [-0.25, -0.2) is 0 Å². The van der Waals surface area contributed by atoms with Crippen LogP contribution < -0.4 is 0 Å². The van der Waals surface area contributed by atoms with Crippen LogP contribution in [-0.2, 0) is 70.0 Å². The largest absolute Gasteiger partial charge is 0.325 e. The topological polar surface area (TPSA) is 57.5 Å². The molecular weight excluding hydrogens is 389 g/mol. The Hall–Kier alpha value is 1.45. The predicted octanol–water partition coefficient (Wildman–Crippen LogP) is 3.32. The van der Waals surface area contributed by atoms with Gasteiger partial charge < -0.3 is 9.79 Å². The van der Waals surface area contributed by atoms with Crippen LogP contribution in [0.2, 0.25) is 0 Å². The van der Waals surface area contributed by atoms with E-state index in [4.69, 9.17) is 9.79 Å². The van der Waals surface area contributed by atoms with Crippen LogP contribution in [-0.4, -0.2) is 15.9 Å². The molecule has 3 nitrogen and oxygen atoms in total. The van der Waals surface area contributed by atoms with Crippen molar-refractivity contribution in [1.29, 1.82) is 0 Å². The fraction of sp³-hybridized carbons (Fsp3) is 0.364. The second kappa shape index (κ2) is 17.4. The fourth-order valence-electron chi connectivity index (χ4n) is 0.478. The van der Waals surface area contributed by atoms with E-state index in [1.807, 2.05) is 30.3 Å². The molecule has 0 amide bonds. The summed E-state index contributed by atoms with van der Waals surface area (Å²) in [5.41, 5.74) is 1.07. The number of hydrogen-bond acceptors (Lipinski definition) is 1. The Bertz CT molecular complexity index is 275. The van der Waals surface area contributed by atoms with Gasteiger partial charge in [0, 0.05) is 71.6 Å². The van der Waals surface area contributed by atoms with Crippen LogP contribution >= 0.6 is 7.60 Å². The molecule has 0 saturated carbocycles. The molecule has 0 aliphatic rings. The molecule has 0 bridgehead atoms. The van der Waals surface area contributed by atoms with Crippen LogP contribution in [0, 0.1) is 6.92 Å². The maximum absolute atomic E-state index is 9.69. The first-order valence-electron chi connectivity index (χ1n) is 3.87. The summed E-state index contributed by atoms with van der Waals surface area (Å²) in [5, 5.41) is 0. The summed E-state index contributed by atoms with van der Waals surface area (Å²) >= 11 is 0. The Morgan fingerprint density at radius 3 is 1.53 bits per heavy atom. The minimum absolute atomic E-state index is 0. The zero-order valence-corrected chi connectivity index (χ0v) is 15.3. The Kier molecular flexibility index (Phi) is 31.9. The van der Waals surface area contributed by atoms with Gasteiger partial charge in [-0.1, -0.05) is 27.8 Å². The van der Waals surface area contributed by atoms with Gasteiger partial charge in [0.1, 0.15) is 0 Å². The van der Waals surface area contributed by atoms with Gasteiger partial charge in [-0.2, -0.15) is 24.6 Å². The molecule has 2 N–H and O–H groups in total. The zero-order valence-electron chi connectivity index (χ0n) is 8.71. The van der Waals surface area contributed by atoms with E-state index in [-0.39, 0.29) is 86.4 Å². The van der Waals surface area contributed by atoms with E-state index in [9.17, 15) is 4.57 Å². The quantitative estimate of drug-likeness (QED) is 0.551. The van der Waals surface area contributed by atoms with Crippen molar-refractivity contribution in [3.63, 3.8) is 0 Å². The molecule has 0 atom stereocenters. The standard InChI is InChI=1S/C7H7.C2H7O3P.2CH4.2Y/c1-7-5-3-2-4-6-7;1-2-6(3,4)5;;;;/h2-6H,1H2;2H2,1H3,(H2,3,4,5);2*1H4;;/q-1;;;;;. The third kappa shape index (κ3) is 26.9. The summed E-state index contributed by atoms with van der Waals surface area (Å²) in [6.45, 7) is 5.17. The van der Waals surface area contributed by atoms with Crippen LogP contribution in [0.25, 0.3) is 0 Å². The van der Waals surface area contributed by atoms with Gasteiger partial charge in [-0.05, 0) is 0 Å². The Morgan fingerprint density at radius 2 is 1.41 bits per heavy atom. The molecule has 6 heteroatoms. The summed E-state index contributed by atoms with van der Waals surface area (Å²) in [7, 11) is -3.65. The average Bonchev–Trinajstić information content (AvgIpc) is 2.06. The first-order valence-corrected chi connectivity index (χ1v) is 5.67. The SMILES string of the molecule is C.C.CCP(=O)(O)O.[CH2-]c1ccccc1.[Y].[Y]. The average molecular weight is 411 g/mol. The van der Waals surface area contributed by atoms with Crippen molar-refractivity contribution < 1.29 is 79.8 Å². The van der Waals surface area contributed by atoms with Crippen LogP contribution in [0.15, 0.2) is 30.3 Å². The van der Waals surface area contributed by atoms with E-state index < -0.39 is 7.60 Å². The molecule has 0 aromatic heterocycles. The van der Waals surface area contributed by atoms with Crippen LogP contribution in [0.4, 0.5) is 0 Å². The summed E-state index contributed by atoms with van der Waals surface area (Å²) in [4.78, 5) is 15.9. The van der Waals surface area contributed by atoms with E-state index in [0.717, 1.165) is 5.56 Å². The molecule has 0 saturated heterocycles. The van der Waals surface area contributed by atoms with E-state index in [0.29, 0.717) is 0 Å². The number of benzene rings is 1. The van der Waals surface area contributed by atoms with Crippen molar-refractivity contribution in [3.8, 4) is 0 Å². The second-order valence-corrected chi connectivity index (χ2v) is 4.43. The smallest absolute Gasteiger partial charge is 0.324 e. The van der Waals surface area contributed by atoms with Gasteiger partial charge in [0.05, 0.1) is 0 Å². The maximum Gasteiger partial charge on any atom is 0.325 e. The first-order chi connectivity index (χ1) is 5.95. The van der Waals surface area contributed by atoms with Gasteiger partial charge >= 0.3 is 7.60 Å². The van der Waals surface area contributed by atoms with Crippen molar-refractivity contribution in [3.05, 3.63) is 42.8 Å². The second-order valence-electron chi connectivity index (χ2n) is 2.47. The van der Waals surface area contributed by atoms with Gasteiger partial charge in [-0.3, -0.25) is 4.57 Å². The van der Waals surface area contributed by atoms with Gasteiger partial charge in [0.25, 0.3) is 0 Å². The number of rotatable bonds is 1. The predicted molar refractivity (Wildman–Crippen MR) is 66.9 cm³/mol.